The van der Waals surface area contributed by atoms with E-state index in [1.807, 2.05) is 45.2 Å². The molecule has 0 aliphatic rings. The summed E-state index contributed by atoms with van der Waals surface area (Å²) in [5, 5.41) is 0. The molecule has 0 bridgehead atoms. The van der Waals surface area contributed by atoms with Gasteiger partial charge in [-0.25, -0.2) is 0 Å². The molecular formula is C14H21NO2. The minimum absolute atomic E-state index is 0.181. The van der Waals surface area contributed by atoms with E-state index in [1.54, 1.807) is 4.90 Å². The molecule has 3 nitrogen and oxygen atoms in total. The van der Waals surface area contributed by atoms with E-state index in [4.69, 9.17) is 4.74 Å². The van der Waals surface area contributed by atoms with Crippen LogP contribution < -0.4 is 4.74 Å². The van der Waals surface area contributed by atoms with Gasteiger partial charge in [-0.05, 0) is 31.0 Å². The smallest absolute Gasteiger partial charge is 0.222 e. The van der Waals surface area contributed by atoms with Crippen molar-refractivity contribution >= 4 is 5.91 Å². The van der Waals surface area contributed by atoms with Crippen molar-refractivity contribution in [3.05, 3.63) is 29.8 Å². The maximum atomic E-state index is 11.5. The van der Waals surface area contributed by atoms with Gasteiger partial charge in [0.05, 0.1) is 6.54 Å². The van der Waals surface area contributed by atoms with Crippen LogP contribution in [-0.2, 0) is 4.79 Å². The van der Waals surface area contributed by atoms with Crippen LogP contribution in [-0.4, -0.2) is 31.0 Å². The standard InChI is InChI=1S/C14H21NO2/c1-4-6-14(16)15(3)9-10-17-13-8-5-7-12(2)11-13/h5,7-8,11H,4,6,9-10H2,1-3H3. The number of aryl methyl sites for hydroxylation is 1. The molecule has 0 aliphatic heterocycles. The van der Waals surface area contributed by atoms with Gasteiger partial charge < -0.3 is 9.64 Å². The molecule has 1 amide bonds. The highest BCUT2D eigenvalue weighted by molar-refractivity contribution is 5.75. The lowest BCUT2D eigenvalue weighted by molar-refractivity contribution is -0.130. The zero-order valence-electron chi connectivity index (χ0n) is 10.9. The number of likely N-dealkylation sites (N-methyl/N-ethyl adjacent to an activating group) is 1. The van der Waals surface area contributed by atoms with Gasteiger partial charge in [0.25, 0.3) is 0 Å². The molecule has 0 aliphatic carbocycles. The Morgan fingerprint density at radius 2 is 2.18 bits per heavy atom. The van der Waals surface area contributed by atoms with Gasteiger partial charge in [0, 0.05) is 13.5 Å². The van der Waals surface area contributed by atoms with Gasteiger partial charge in [-0.1, -0.05) is 19.1 Å². The molecule has 1 aromatic carbocycles. The van der Waals surface area contributed by atoms with Crippen molar-refractivity contribution in [1.29, 1.82) is 0 Å². The van der Waals surface area contributed by atoms with Gasteiger partial charge in [-0.15, -0.1) is 0 Å². The summed E-state index contributed by atoms with van der Waals surface area (Å²) in [4.78, 5) is 13.2. The molecule has 3 heteroatoms. The van der Waals surface area contributed by atoms with Crippen LogP contribution in [0.2, 0.25) is 0 Å². The second kappa shape index (κ2) is 6.94. The van der Waals surface area contributed by atoms with Gasteiger partial charge in [0.1, 0.15) is 12.4 Å². The van der Waals surface area contributed by atoms with Gasteiger partial charge >= 0.3 is 0 Å². The Kier molecular flexibility index (Phi) is 5.53. The Labute approximate surface area is 103 Å². The molecule has 0 radical (unpaired) electrons. The van der Waals surface area contributed by atoms with E-state index in [2.05, 4.69) is 0 Å². The summed E-state index contributed by atoms with van der Waals surface area (Å²) in [7, 11) is 1.82. The number of carbonyl (C=O) groups excluding carboxylic acids is 1. The second-order valence-electron chi connectivity index (χ2n) is 4.23. The van der Waals surface area contributed by atoms with E-state index >= 15 is 0 Å². The SMILES string of the molecule is CCCC(=O)N(C)CCOc1cccc(C)c1. The number of ether oxygens (including phenoxy) is 1. The summed E-state index contributed by atoms with van der Waals surface area (Å²) in [5.74, 6) is 1.04. The third-order valence-electron chi connectivity index (χ3n) is 2.57. The molecule has 0 unspecified atom stereocenters. The summed E-state index contributed by atoms with van der Waals surface area (Å²) in [5.41, 5.74) is 1.18. The van der Waals surface area contributed by atoms with Gasteiger partial charge in [0.15, 0.2) is 0 Å². The minimum atomic E-state index is 0.181. The van der Waals surface area contributed by atoms with E-state index < -0.39 is 0 Å². The van der Waals surface area contributed by atoms with Crippen LogP contribution in [0.3, 0.4) is 0 Å². The molecule has 0 fully saturated rings. The van der Waals surface area contributed by atoms with Crippen LogP contribution in [0.5, 0.6) is 5.75 Å². The van der Waals surface area contributed by atoms with E-state index in [0.717, 1.165) is 12.2 Å². The Hall–Kier alpha value is -1.51. The predicted molar refractivity (Wildman–Crippen MR) is 69.2 cm³/mol. The molecule has 0 saturated heterocycles. The highest BCUT2D eigenvalue weighted by Gasteiger charge is 2.06. The number of rotatable bonds is 6. The Morgan fingerprint density at radius 1 is 1.41 bits per heavy atom. The van der Waals surface area contributed by atoms with Crippen molar-refractivity contribution in [1.82, 2.24) is 4.90 Å². The molecule has 0 heterocycles. The summed E-state index contributed by atoms with van der Waals surface area (Å²) < 4.78 is 5.59. The molecule has 94 valence electrons. The number of amides is 1. The minimum Gasteiger partial charge on any atom is -0.492 e. The molecule has 0 atom stereocenters. The second-order valence-corrected chi connectivity index (χ2v) is 4.23. The van der Waals surface area contributed by atoms with Crippen LogP contribution in [0.15, 0.2) is 24.3 Å². The Balaban J connectivity index is 2.30. The lowest BCUT2D eigenvalue weighted by Gasteiger charge is -2.17. The van der Waals surface area contributed by atoms with E-state index in [9.17, 15) is 4.79 Å². The van der Waals surface area contributed by atoms with Crippen molar-refractivity contribution in [3.63, 3.8) is 0 Å². The molecule has 0 saturated carbocycles. The lowest BCUT2D eigenvalue weighted by Crippen LogP contribution is -2.30. The maximum Gasteiger partial charge on any atom is 0.222 e. The first kappa shape index (κ1) is 13.6. The first-order valence-corrected chi connectivity index (χ1v) is 6.07. The van der Waals surface area contributed by atoms with Crippen LogP contribution >= 0.6 is 0 Å². The highest BCUT2D eigenvalue weighted by Crippen LogP contribution is 2.12. The van der Waals surface area contributed by atoms with E-state index in [1.165, 1.54) is 5.56 Å². The molecule has 17 heavy (non-hydrogen) atoms. The average Bonchev–Trinajstić information content (AvgIpc) is 2.29. The first-order chi connectivity index (χ1) is 8.13. The fourth-order valence-electron chi connectivity index (χ4n) is 1.53. The number of nitrogens with zero attached hydrogens (tertiary/aromatic N) is 1. The monoisotopic (exact) mass is 235 g/mol. The molecule has 0 spiro atoms. The van der Waals surface area contributed by atoms with Crippen molar-refractivity contribution in [3.8, 4) is 5.75 Å². The number of hydrogen-bond donors (Lipinski definition) is 0. The summed E-state index contributed by atoms with van der Waals surface area (Å²) in [6.07, 6.45) is 1.50. The fraction of sp³-hybridized carbons (Fsp3) is 0.500. The van der Waals surface area contributed by atoms with Crippen LogP contribution in [0.1, 0.15) is 25.3 Å². The maximum absolute atomic E-state index is 11.5. The molecule has 0 N–H and O–H groups in total. The normalized spacial score (nSPS) is 10.1. The average molecular weight is 235 g/mol. The van der Waals surface area contributed by atoms with Crippen molar-refractivity contribution in [2.24, 2.45) is 0 Å². The number of hydrogen-bond acceptors (Lipinski definition) is 2. The van der Waals surface area contributed by atoms with Gasteiger partial charge in [-0.3, -0.25) is 4.79 Å². The first-order valence-electron chi connectivity index (χ1n) is 6.07. The van der Waals surface area contributed by atoms with E-state index in [-0.39, 0.29) is 5.91 Å². The molecule has 1 aromatic rings. The summed E-state index contributed by atoms with van der Waals surface area (Å²) in [6, 6.07) is 7.93. The topological polar surface area (TPSA) is 29.5 Å². The van der Waals surface area contributed by atoms with E-state index in [0.29, 0.717) is 19.6 Å². The number of carbonyl (C=O) groups is 1. The summed E-state index contributed by atoms with van der Waals surface area (Å²) >= 11 is 0. The van der Waals surface area contributed by atoms with Crippen LogP contribution in [0.4, 0.5) is 0 Å². The molecular weight excluding hydrogens is 214 g/mol. The zero-order chi connectivity index (χ0) is 12.7. The van der Waals surface area contributed by atoms with Gasteiger partial charge in [0.2, 0.25) is 5.91 Å². The largest absolute Gasteiger partial charge is 0.492 e. The highest BCUT2D eigenvalue weighted by atomic mass is 16.5. The van der Waals surface area contributed by atoms with Gasteiger partial charge in [-0.2, -0.15) is 0 Å². The number of benzene rings is 1. The van der Waals surface area contributed by atoms with Crippen molar-refractivity contribution < 1.29 is 9.53 Å². The lowest BCUT2D eigenvalue weighted by atomic mass is 10.2. The van der Waals surface area contributed by atoms with Crippen molar-refractivity contribution in [2.75, 3.05) is 20.2 Å². The predicted octanol–water partition coefficient (Wildman–Crippen LogP) is 2.63. The molecule has 0 aromatic heterocycles. The molecule has 1 rings (SSSR count). The fourth-order valence-corrected chi connectivity index (χ4v) is 1.53. The van der Waals surface area contributed by atoms with Crippen molar-refractivity contribution in [2.45, 2.75) is 26.7 Å². The third-order valence-corrected chi connectivity index (χ3v) is 2.57. The third kappa shape index (κ3) is 4.89. The van der Waals surface area contributed by atoms with Crippen LogP contribution in [0.25, 0.3) is 0 Å². The Morgan fingerprint density at radius 3 is 2.82 bits per heavy atom. The summed E-state index contributed by atoms with van der Waals surface area (Å²) in [6.45, 7) is 5.21. The quantitative estimate of drug-likeness (QED) is 0.758. The van der Waals surface area contributed by atoms with Crippen LogP contribution in [0, 0.1) is 6.92 Å². The zero-order valence-corrected chi connectivity index (χ0v) is 10.9. The Bertz CT molecular complexity index is 363.